The average molecular weight is 340 g/mol. The number of nitrogens with two attached hydrogens (primary N) is 1. The Balaban J connectivity index is 1.81. The number of ether oxygens (including phenoxy) is 1. The highest BCUT2D eigenvalue weighted by molar-refractivity contribution is 7.14. The Kier molecular flexibility index (Phi) is 4.78. The van der Waals surface area contributed by atoms with Gasteiger partial charge in [-0.15, -0.1) is 11.3 Å². The van der Waals surface area contributed by atoms with Crippen molar-refractivity contribution >= 4 is 17.0 Å². The van der Waals surface area contributed by atoms with E-state index in [1.807, 2.05) is 63.5 Å². The Morgan fingerprint density at radius 3 is 2.67 bits per heavy atom. The standard InChI is InChI=1S/C18H20N4OS/c1-12-6-4-8-16(22(3)19)14(12)11-23-17-9-5-7-15(21-17)18-20-10-13(2)24-18/h4-10H,11,19H2,1-3H3. The molecular formula is C18H20N4OS. The SMILES string of the molecule is Cc1cnc(-c2cccc(OCc3c(C)cccc3N(C)N)n2)s1. The number of benzene rings is 1. The molecular weight excluding hydrogens is 320 g/mol. The van der Waals surface area contributed by atoms with E-state index in [2.05, 4.69) is 9.97 Å². The molecule has 0 saturated carbocycles. The zero-order valence-electron chi connectivity index (χ0n) is 14.0. The summed E-state index contributed by atoms with van der Waals surface area (Å²) in [6.07, 6.45) is 1.85. The monoisotopic (exact) mass is 340 g/mol. The number of rotatable bonds is 5. The highest BCUT2D eigenvalue weighted by Gasteiger charge is 2.10. The zero-order chi connectivity index (χ0) is 17.1. The van der Waals surface area contributed by atoms with E-state index in [0.717, 1.165) is 32.4 Å². The van der Waals surface area contributed by atoms with Gasteiger partial charge in [0, 0.05) is 29.8 Å². The van der Waals surface area contributed by atoms with Gasteiger partial charge in [-0.3, -0.25) is 0 Å². The number of thiazole rings is 1. The second kappa shape index (κ2) is 6.98. The molecule has 0 amide bonds. The third kappa shape index (κ3) is 3.55. The first-order valence-electron chi connectivity index (χ1n) is 7.64. The number of nitrogens with zero attached hydrogens (tertiary/aromatic N) is 3. The maximum atomic E-state index is 5.92. The molecule has 0 atom stereocenters. The van der Waals surface area contributed by atoms with Gasteiger partial charge < -0.3 is 9.75 Å². The van der Waals surface area contributed by atoms with Crippen molar-refractivity contribution in [3.05, 3.63) is 58.6 Å². The van der Waals surface area contributed by atoms with Crippen molar-refractivity contribution in [1.29, 1.82) is 0 Å². The third-order valence-electron chi connectivity index (χ3n) is 3.69. The van der Waals surface area contributed by atoms with Crippen LogP contribution < -0.4 is 15.6 Å². The van der Waals surface area contributed by atoms with Crippen LogP contribution in [0.2, 0.25) is 0 Å². The van der Waals surface area contributed by atoms with Crippen molar-refractivity contribution in [2.75, 3.05) is 12.1 Å². The number of hydrogen-bond acceptors (Lipinski definition) is 6. The van der Waals surface area contributed by atoms with Crippen LogP contribution in [0.4, 0.5) is 5.69 Å². The maximum absolute atomic E-state index is 5.92. The van der Waals surface area contributed by atoms with Crippen LogP contribution in [0.5, 0.6) is 5.88 Å². The normalized spacial score (nSPS) is 10.7. The molecule has 0 spiro atoms. The molecule has 0 aliphatic heterocycles. The second-order valence-corrected chi connectivity index (χ2v) is 6.84. The maximum Gasteiger partial charge on any atom is 0.214 e. The minimum absolute atomic E-state index is 0.414. The van der Waals surface area contributed by atoms with Gasteiger partial charge in [-0.25, -0.2) is 15.8 Å². The summed E-state index contributed by atoms with van der Waals surface area (Å²) in [5, 5.41) is 2.50. The van der Waals surface area contributed by atoms with Gasteiger partial charge in [-0.1, -0.05) is 18.2 Å². The first-order chi connectivity index (χ1) is 11.5. The van der Waals surface area contributed by atoms with Crippen molar-refractivity contribution in [2.24, 2.45) is 5.84 Å². The van der Waals surface area contributed by atoms with Crippen molar-refractivity contribution in [2.45, 2.75) is 20.5 Å². The summed E-state index contributed by atoms with van der Waals surface area (Å²) in [4.78, 5) is 10.1. The number of hydrazine groups is 1. The molecule has 124 valence electrons. The zero-order valence-corrected chi connectivity index (χ0v) is 14.8. The number of anilines is 1. The summed E-state index contributed by atoms with van der Waals surface area (Å²) in [7, 11) is 1.82. The van der Waals surface area contributed by atoms with Crippen LogP contribution in [0.3, 0.4) is 0 Å². The molecule has 0 fully saturated rings. The Bertz CT molecular complexity index is 845. The quantitative estimate of drug-likeness (QED) is 0.566. The average Bonchev–Trinajstić information content (AvgIpc) is 3.00. The predicted octanol–water partition coefficient (Wildman–Crippen LogP) is 3.71. The van der Waals surface area contributed by atoms with E-state index in [1.165, 1.54) is 0 Å². The Morgan fingerprint density at radius 1 is 1.17 bits per heavy atom. The van der Waals surface area contributed by atoms with Crippen LogP contribution in [0, 0.1) is 13.8 Å². The summed E-state index contributed by atoms with van der Waals surface area (Å²) in [5.41, 5.74) is 3.96. The molecule has 2 aromatic heterocycles. The van der Waals surface area contributed by atoms with Gasteiger partial charge in [0.25, 0.3) is 0 Å². The Morgan fingerprint density at radius 2 is 1.96 bits per heavy atom. The van der Waals surface area contributed by atoms with Gasteiger partial charge in [0.05, 0.1) is 5.69 Å². The Hall–Kier alpha value is -2.44. The molecule has 1 aromatic carbocycles. The van der Waals surface area contributed by atoms with Gasteiger partial charge in [0.2, 0.25) is 5.88 Å². The fraction of sp³-hybridized carbons (Fsp3) is 0.222. The lowest BCUT2D eigenvalue weighted by Gasteiger charge is -2.19. The van der Waals surface area contributed by atoms with Gasteiger partial charge in [-0.05, 0) is 31.5 Å². The molecule has 3 aromatic rings. The lowest BCUT2D eigenvalue weighted by atomic mass is 10.1. The molecule has 0 bridgehead atoms. The summed E-state index contributed by atoms with van der Waals surface area (Å²) >= 11 is 1.62. The molecule has 0 saturated heterocycles. The first-order valence-corrected chi connectivity index (χ1v) is 8.46. The molecule has 0 aliphatic rings. The van der Waals surface area contributed by atoms with E-state index in [1.54, 1.807) is 16.3 Å². The van der Waals surface area contributed by atoms with Crippen LogP contribution in [0.15, 0.2) is 42.6 Å². The minimum atomic E-state index is 0.414. The molecule has 2 heterocycles. The highest BCUT2D eigenvalue weighted by atomic mass is 32.1. The molecule has 0 aliphatic carbocycles. The van der Waals surface area contributed by atoms with Crippen LogP contribution in [0.1, 0.15) is 16.0 Å². The summed E-state index contributed by atoms with van der Waals surface area (Å²) in [6.45, 7) is 4.50. The number of aryl methyl sites for hydroxylation is 2. The number of pyridine rings is 1. The highest BCUT2D eigenvalue weighted by Crippen LogP contribution is 2.26. The lowest BCUT2D eigenvalue weighted by molar-refractivity contribution is 0.294. The predicted molar refractivity (Wildman–Crippen MR) is 98.2 cm³/mol. The third-order valence-corrected chi connectivity index (χ3v) is 4.63. The van der Waals surface area contributed by atoms with Crippen LogP contribution >= 0.6 is 11.3 Å². The van der Waals surface area contributed by atoms with Crippen molar-refractivity contribution in [3.8, 4) is 16.6 Å². The fourth-order valence-corrected chi connectivity index (χ4v) is 3.17. The van der Waals surface area contributed by atoms with Crippen LogP contribution in [-0.4, -0.2) is 17.0 Å². The van der Waals surface area contributed by atoms with Crippen molar-refractivity contribution < 1.29 is 4.74 Å². The summed E-state index contributed by atoms with van der Waals surface area (Å²) < 4.78 is 5.92. The molecule has 24 heavy (non-hydrogen) atoms. The van der Waals surface area contributed by atoms with E-state index in [0.29, 0.717) is 12.5 Å². The van der Waals surface area contributed by atoms with Crippen LogP contribution in [0.25, 0.3) is 10.7 Å². The molecule has 0 unspecified atom stereocenters. The van der Waals surface area contributed by atoms with E-state index < -0.39 is 0 Å². The fourth-order valence-electron chi connectivity index (χ4n) is 2.44. The van der Waals surface area contributed by atoms with Gasteiger partial charge in [0.1, 0.15) is 17.3 Å². The van der Waals surface area contributed by atoms with E-state index >= 15 is 0 Å². The van der Waals surface area contributed by atoms with E-state index in [4.69, 9.17) is 10.6 Å². The molecule has 0 radical (unpaired) electrons. The van der Waals surface area contributed by atoms with Crippen LogP contribution in [-0.2, 0) is 6.61 Å². The second-order valence-electron chi connectivity index (χ2n) is 5.61. The summed E-state index contributed by atoms with van der Waals surface area (Å²) in [6, 6.07) is 11.7. The smallest absolute Gasteiger partial charge is 0.214 e. The van der Waals surface area contributed by atoms with E-state index in [-0.39, 0.29) is 0 Å². The summed E-state index contributed by atoms with van der Waals surface area (Å²) in [5.74, 6) is 6.49. The molecule has 6 heteroatoms. The molecule has 5 nitrogen and oxygen atoms in total. The lowest BCUT2D eigenvalue weighted by Crippen LogP contribution is -2.26. The van der Waals surface area contributed by atoms with Crippen molar-refractivity contribution in [3.63, 3.8) is 0 Å². The largest absolute Gasteiger partial charge is 0.473 e. The van der Waals surface area contributed by atoms with Gasteiger partial charge in [0.15, 0.2) is 0 Å². The number of aromatic nitrogens is 2. The van der Waals surface area contributed by atoms with E-state index in [9.17, 15) is 0 Å². The van der Waals surface area contributed by atoms with Gasteiger partial charge >= 0.3 is 0 Å². The van der Waals surface area contributed by atoms with Gasteiger partial charge in [-0.2, -0.15) is 0 Å². The topological polar surface area (TPSA) is 64.3 Å². The first kappa shape index (κ1) is 16.4. The minimum Gasteiger partial charge on any atom is -0.473 e. The number of hydrogen-bond donors (Lipinski definition) is 1. The Labute approximate surface area is 145 Å². The van der Waals surface area contributed by atoms with Crippen molar-refractivity contribution in [1.82, 2.24) is 9.97 Å². The molecule has 3 rings (SSSR count). The molecule has 2 N–H and O–H groups in total.